The molecule has 172 valence electrons. The minimum absolute atomic E-state index is 0.193. The van der Waals surface area contributed by atoms with Crippen LogP contribution >= 0.6 is 12.2 Å². The Morgan fingerprint density at radius 1 is 0.818 bits per heavy atom. The molecular weight excluding hydrogens is 436 g/mol. The monoisotopic (exact) mass is 464 g/mol. The molecule has 0 unspecified atom stereocenters. The number of hydrogen-bond donors (Lipinski definition) is 2. The number of ether oxygens (including phenoxy) is 3. The SMILES string of the molecule is CC(C)COc1ccc(NC(=S)NC(=O)c2ccccc2OCCOc2ccccc2)cc1. The summed E-state index contributed by atoms with van der Waals surface area (Å²) in [7, 11) is 0. The summed E-state index contributed by atoms with van der Waals surface area (Å²) < 4.78 is 17.1. The van der Waals surface area contributed by atoms with Crippen LogP contribution in [0.4, 0.5) is 5.69 Å². The molecule has 0 saturated carbocycles. The van der Waals surface area contributed by atoms with Crippen molar-refractivity contribution in [2.75, 3.05) is 25.1 Å². The summed E-state index contributed by atoms with van der Waals surface area (Å²) in [5, 5.41) is 5.90. The van der Waals surface area contributed by atoms with Crippen molar-refractivity contribution >= 4 is 28.9 Å². The molecule has 33 heavy (non-hydrogen) atoms. The smallest absolute Gasteiger partial charge is 0.261 e. The molecule has 3 aromatic carbocycles. The number of carbonyl (C=O) groups is 1. The highest BCUT2D eigenvalue weighted by Gasteiger charge is 2.14. The van der Waals surface area contributed by atoms with Crippen LogP contribution in [0.15, 0.2) is 78.9 Å². The number of anilines is 1. The lowest BCUT2D eigenvalue weighted by molar-refractivity contribution is 0.0972. The van der Waals surface area contributed by atoms with E-state index < -0.39 is 0 Å². The van der Waals surface area contributed by atoms with Gasteiger partial charge in [0, 0.05) is 5.69 Å². The number of para-hydroxylation sites is 2. The van der Waals surface area contributed by atoms with E-state index in [-0.39, 0.29) is 11.0 Å². The number of nitrogens with one attached hydrogen (secondary N) is 2. The van der Waals surface area contributed by atoms with Crippen molar-refractivity contribution < 1.29 is 19.0 Å². The molecule has 0 bridgehead atoms. The number of carbonyl (C=O) groups excluding carboxylic acids is 1. The Labute approximate surface area is 199 Å². The predicted molar refractivity (Wildman–Crippen MR) is 134 cm³/mol. The fourth-order valence-corrected chi connectivity index (χ4v) is 3.05. The van der Waals surface area contributed by atoms with Gasteiger partial charge in [0.25, 0.3) is 5.91 Å². The van der Waals surface area contributed by atoms with Gasteiger partial charge in [0.05, 0.1) is 12.2 Å². The Balaban J connectivity index is 1.49. The fourth-order valence-electron chi connectivity index (χ4n) is 2.84. The first-order valence-corrected chi connectivity index (χ1v) is 11.2. The third-order valence-electron chi connectivity index (χ3n) is 4.41. The third-order valence-corrected chi connectivity index (χ3v) is 4.61. The molecule has 0 aliphatic heterocycles. The first-order valence-electron chi connectivity index (χ1n) is 10.8. The van der Waals surface area contributed by atoms with Gasteiger partial charge in [-0.3, -0.25) is 10.1 Å². The molecule has 0 heterocycles. The van der Waals surface area contributed by atoms with Gasteiger partial charge in [-0.2, -0.15) is 0 Å². The van der Waals surface area contributed by atoms with Crippen LogP contribution in [-0.2, 0) is 0 Å². The average molecular weight is 465 g/mol. The molecule has 0 atom stereocenters. The standard InChI is InChI=1S/C26H28N2O4S/c1-19(2)18-32-22-14-12-20(13-15-22)27-26(33)28-25(29)23-10-6-7-11-24(23)31-17-16-30-21-8-4-3-5-9-21/h3-15,19H,16-18H2,1-2H3,(H2,27,28,29,33). The molecule has 0 aliphatic rings. The largest absolute Gasteiger partial charge is 0.493 e. The van der Waals surface area contributed by atoms with Gasteiger partial charge in [0.15, 0.2) is 5.11 Å². The van der Waals surface area contributed by atoms with E-state index in [4.69, 9.17) is 26.4 Å². The highest BCUT2D eigenvalue weighted by molar-refractivity contribution is 7.80. The number of hydrogen-bond acceptors (Lipinski definition) is 5. The lowest BCUT2D eigenvalue weighted by atomic mass is 10.2. The quantitative estimate of drug-likeness (QED) is 0.313. The van der Waals surface area contributed by atoms with Crippen molar-refractivity contribution in [2.24, 2.45) is 5.92 Å². The minimum Gasteiger partial charge on any atom is -0.493 e. The zero-order valence-corrected chi connectivity index (χ0v) is 19.6. The molecule has 1 amide bonds. The van der Waals surface area contributed by atoms with Crippen LogP contribution < -0.4 is 24.8 Å². The van der Waals surface area contributed by atoms with Crippen LogP contribution in [0.2, 0.25) is 0 Å². The molecule has 7 heteroatoms. The van der Waals surface area contributed by atoms with Crippen molar-refractivity contribution in [1.82, 2.24) is 5.32 Å². The van der Waals surface area contributed by atoms with Crippen molar-refractivity contribution in [3.8, 4) is 17.2 Å². The van der Waals surface area contributed by atoms with Crippen molar-refractivity contribution in [3.63, 3.8) is 0 Å². The molecule has 0 spiro atoms. The van der Waals surface area contributed by atoms with Crippen LogP contribution in [0, 0.1) is 5.92 Å². The van der Waals surface area contributed by atoms with E-state index in [1.807, 2.05) is 60.7 Å². The molecule has 0 aromatic heterocycles. The second-order valence-electron chi connectivity index (χ2n) is 7.64. The summed E-state index contributed by atoms with van der Waals surface area (Å²) in [4.78, 5) is 12.8. The Kier molecular flexibility index (Phi) is 9.08. The maximum absolute atomic E-state index is 12.8. The summed E-state index contributed by atoms with van der Waals surface area (Å²) in [6, 6.07) is 23.9. The molecule has 0 saturated heterocycles. The second kappa shape index (κ2) is 12.5. The van der Waals surface area contributed by atoms with Crippen LogP contribution in [0.5, 0.6) is 17.2 Å². The van der Waals surface area contributed by atoms with E-state index in [1.54, 1.807) is 18.2 Å². The Morgan fingerprint density at radius 2 is 1.45 bits per heavy atom. The number of benzene rings is 3. The molecule has 0 aliphatic carbocycles. The van der Waals surface area contributed by atoms with E-state index >= 15 is 0 Å². The van der Waals surface area contributed by atoms with Gasteiger partial charge < -0.3 is 19.5 Å². The first kappa shape index (κ1) is 24.1. The van der Waals surface area contributed by atoms with Gasteiger partial charge in [-0.05, 0) is 66.7 Å². The minimum atomic E-state index is -0.357. The first-order chi connectivity index (χ1) is 16.0. The van der Waals surface area contributed by atoms with Crippen LogP contribution in [0.3, 0.4) is 0 Å². The Morgan fingerprint density at radius 3 is 2.18 bits per heavy atom. The predicted octanol–water partition coefficient (Wildman–Crippen LogP) is 5.31. The topological polar surface area (TPSA) is 68.8 Å². The highest BCUT2D eigenvalue weighted by atomic mass is 32.1. The summed E-state index contributed by atoms with van der Waals surface area (Å²) in [5.74, 6) is 2.11. The molecule has 3 rings (SSSR count). The molecular formula is C26H28N2O4S. The maximum Gasteiger partial charge on any atom is 0.261 e. The van der Waals surface area contributed by atoms with E-state index in [1.165, 1.54) is 0 Å². The summed E-state index contributed by atoms with van der Waals surface area (Å²) in [5.41, 5.74) is 1.14. The van der Waals surface area contributed by atoms with Gasteiger partial charge in [-0.15, -0.1) is 0 Å². The average Bonchev–Trinajstić information content (AvgIpc) is 2.82. The molecule has 6 nitrogen and oxygen atoms in total. The van der Waals surface area contributed by atoms with Gasteiger partial charge in [0.2, 0.25) is 0 Å². The van der Waals surface area contributed by atoms with E-state index in [9.17, 15) is 4.79 Å². The zero-order chi connectivity index (χ0) is 23.5. The Bertz CT molecular complexity index is 1040. The fraction of sp³-hybridized carbons (Fsp3) is 0.231. The number of thiocarbonyl (C=S) groups is 1. The molecule has 0 radical (unpaired) electrons. The van der Waals surface area contributed by atoms with E-state index in [0.717, 1.165) is 17.2 Å². The number of rotatable bonds is 10. The summed E-state index contributed by atoms with van der Waals surface area (Å²) in [6.45, 7) is 5.50. The zero-order valence-electron chi connectivity index (χ0n) is 18.7. The van der Waals surface area contributed by atoms with Gasteiger partial charge >= 0.3 is 0 Å². The lowest BCUT2D eigenvalue weighted by Crippen LogP contribution is -2.34. The summed E-state index contributed by atoms with van der Waals surface area (Å²) in [6.07, 6.45) is 0. The maximum atomic E-state index is 12.8. The highest BCUT2D eigenvalue weighted by Crippen LogP contribution is 2.19. The van der Waals surface area contributed by atoms with Gasteiger partial charge in [0.1, 0.15) is 30.5 Å². The van der Waals surface area contributed by atoms with Gasteiger partial charge in [-0.1, -0.05) is 44.2 Å². The number of amides is 1. The molecule has 2 N–H and O–H groups in total. The van der Waals surface area contributed by atoms with E-state index in [2.05, 4.69) is 24.5 Å². The lowest BCUT2D eigenvalue weighted by Gasteiger charge is -2.14. The van der Waals surface area contributed by atoms with Crippen LogP contribution in [0.25, 0.3) is 0 Å². The van der Waals surface area contributed by atoms with Gasteiger partial charge in [-0.25, -0.2) is 0 Å². The van der Waals surface area contributed by atoms with Crippen molar-refractivity contribution in [2.45, 2.75) is 13.8 Å². The Hall–Kier alpha value is -3.58. The normalized spacial score (nSPS) is 10.4. The van der Waals surface area contributed by atoms with Crippen molar-refractivity contribution in [3.05, 3.63) is 84.4 Å². The van der Waals surface area contributed by atoms with Crippen LogP contribution in [0.1, 0.15) is 24.2 Å². The molecule has 3 aromatic rings. The van der Waals surface area contributed by atoms with E-state index in [0.29, 0.717) is 37.1 Å². The third kappa shape index (κ3) is 8.12. The molecule has 0 fully saturated rings. The summed E-state index contributed by atoms with van der Waals surface area (Å²) >= 11 is 5.30. The van der Waals surface area contributed by atoms with Crippen molar-refractivity contribution in [1.29, 1.82) is 0 Å². The second-order valence-corrected chi connectivity index (χ2v) is 8.05. The van der Waals surface area contributed by atoms with Crippen LogP contribution in [-0.4, -0.2) is 30.8 Å².